The van der Waals surface area contributed by atoms with Crippen LogP contribution in [0.3, 0.4) is 0 Å². The lowest BCUT2D eigenvalue weighted by molar-refractivity contribution is 0.0583. The molecule has 2 aromatic rings. The van der Waals surface area contributed by atoms with Gasteiger partial charge < -0.3 is 15.2 Å². The Labute approximate surface area is 137 Å². The van der Waals surface area contributed by atoms with Crippen molar-refractivity contribution in [1.29, 1.82) is 0 Å². The van der Waals surface area contributed by atoms with Crippen molar-refractivity contribution in [3.63, 3.8) is 0 Å². The Morgan fingerprint density at radius 3 is 2.36 bits per heavy atom. The van der Waals surface area contributed by atoms with Gasteiger partial charge in [0.1, 0.15) is 11.5 Å². The summed E-state index contributed by atoms with van der Waals surface area (Å²) < 4.78 is 11.3. The lowest BCUT2D eigenvalue weighted by Crippen LogP contribution is -2.27. The van der Waals surface area contributed by atoms with E-state index in [2.05, 4.69) is 6.07 Å². The van der Waals surface area contributed by atoms with Crippen LogP contribution in [-0.4, -0.2) is 13.2 Å². The SMILES string of the molecule is Cl.N[C@H](c1cccc(Oc2ccccc2)c1)C1CCOCC1. The normalized spacial score (nSPS) is 16.6. The van der Waals surface area contributed by atoms with E-state index < -0.39 is 0 Å². The first-order valence-electron chi connectivity index (χ1n) is 7.49. The van der Waals surface area contributed by atoms with Crippen LogP contribution in [0.15, 0.2) is 54.6 Å². The van der Waals surface area contributed by atoms with Crippen LogP contribution in [0.4, 0.5) is 0 Å². The van der Waals surface area contributed by atoms with Gasteiger partial charge in [0, 0.05) is 19.3 Å². The summed E-state index contributed by atoms with van der Waals surface area (Å²) in [5.74, 6) is 2.17. The highest BCUT2D eigenvalue weighted by molar-refractivity contribution is 5.85. The molecule has 1 aliphatic rings. The highest BCUT2D eigenvalue weighted by Gasteiger charge is 2.22. The van der Waals surface area contributed by atoms with E-state index >= 15 is 0 Å². The Bertz CT molecular complexity index is 570. The van der Waals surface area contributed by atoms with Crippen molar-refractivity contribution in [1.82, 2.24) is 0 Å². The summed E-state index contributed by atoms with van der Waals surface area (Å²) in [5, 5.41) is 0. The van der Waals surface area contributed by atoms with Crippen LogP contribution in [-0.2, 0) is 4.74 Å². The van der Waals surface area contributed by atoms with Gasteiger partial charge in [0.05, 0.1) is 0 Å². The Morgan fingerprint density at radius 1 is 0.955 bits per heavy atom. The van der Waals surface area contributed by atoms with E-state index in [1.807, 2.05) is 48.5 Å². The van der Waals surface area contributed by atoms with Gasteiger partial charge in [0.2, 0.25) is 0 Å². The smallest absolute Gasteiger partial charge is 0.127 e. The molecule has 2 N–H and O–H groups in total. The molecule has 1 atom stereocenters. The van der Waals surface area contributed by atoms with Gasteiger partial charge in [0.25, 0.3) is 0 Å². The molecule has 0 aromatic heterocycles. The molecule has 0 radical (unpaired) electrons. The third-order valence-corrected chi connectivity index (χ3v) is 4.00. The first-order valence-corrected chi connectivity index (χ1v) is 7.49. The van der Waals surface area contributed by atoms with E-state index in [1.54, 1.807) is 0 Å². The number of hydrogen-bond acceptors (Lipinski definition) is 3. The Kier molecular flexibility index (Phi) is 6.25. The second-order valence-corrected chi connectivity index (χ2v) is 5.46. The topological polar surface area (TPSA) is 44.5 Å². The maximum atomic E-state index is 6.42. The van der Waals surface area contributed by atoms with Crippen LogP contribution in [0, 0.1) is 5.92 Å². The summed E-state index contributed by atoms with van der Waals surface area (Å²) in [4.78, 5) is 0. The first kappa shape index (κ1) is 16.8. The van der Waals surface area contributed by atoms with Crippen LogP contribution in [0.2, 0.25) is 0 Å². The number of halogens is 1. The highest BCUT2D eigenvalue weighted by atomic mass is 35.5. The van der Waals surface area contributed by atoms with E-state index in [9.17, 15) is 0 Å². The molecule has 22 heavy (non-hydrogen) atoms. The Balaban J connectivity index is 0.00000176. The molecular formula is C18H22ClNO2. The van der Waals surface area contributed by atoms with Crippen molar-refractivity contribution in [2.75, 3.05) is 13.2 Å². The van der Waals surface area contributed by atoms with E-state index in [-0.39, 0.29) is 18.4 Å². The molecule has 0 spiro atoms. The average molecular weight is 320 g/mol. The maximum Gasteiger partial charge on any atom is 0.127 e. The highest BCUT2D eigenvalue weighted by Crippen LogP contribution is 2.30. The largest absolute Gasteiger partial charge is 0.457 e. The van der Waals surface area contributed by atoms with Crippen LogP contribution in [0.5, 0.6) is 11.5 Å². The molecule has 3 nitrogen and oxygen atoms in total. The van der Waals surface area contributed by atoms with Crippen LogP contribution in [0.1, 0.15) is 24.4 Å². The van der Waals surface area contributed by atoms with Gasteiger partial charge in [-0.3, -0.25) is 0 Å². The quantitative estimate of drug-likeness (QED) is 0.912. The van der Waals surface area contributed by atoms with E-state index in [0.29, 0.717) is 5.92 Å². The zero-order valence-corrected chi connectivity index (χ0v) is 13.3. The van der Waals surface area contributed by atoms with Gasteiger partial charge in [-0.25, -0.2) is 0 Å². The summed E-state index contributed by atoms with van der Waals surface area (Å²) in [6, 6.07) is 18.0. The van der Waals surface area contributed by atoms with E-state index in [1.165, 1.54) is 0 Å². The maximum absolute atomic E-state index is 6.42. The zero-order valence-electron chi connectivity index (χ0n) is 12.5. The van der Waals surface area contributed by atoms with Crippen molar-refractivity contribution < 1.29 is 9.47 Å². The van der Waals surface area contributed by atoms with Crippen molar-refractivity contribution in [2.24, 2.45) is 11.7 Å². The van der Waals surface area contributed by atoms with Crippen molar-refractivity contribution >= 4 is 12.4 Å². The van der Waals surface area contributed by atoms with Gasteiger partial charge in [-0.15, -0.1) is 12.4 Å². The predicted molar refractivity (Wildman–Crippen MR) is 90.7 cm³/mol. The minimum Gasteiger partial charge on any atom is -0.457 e. The molecule has 1 fully saturated rings. The number of ether oxygens (including phenoxy) is 2. The molecule has 1 aliphatic heterocycles. The molecule has 2 aromatic carbocycles. The molecule has 1 saturated heterocycles. The minimum atomic E-state index is 0. The van der Waals surface area contributed by atoms with Gasteiger partial charge >= 0.3 is 0 Å². The summed E-state index contributed by atoms with van der Waals surface area (Å²) >= 11 is 0. The molecule has 0 aliphatic carbocycles. The zero-order chi connectivity index (χ0) is 14.5. The van der Waals surface area contributed by atoms with Gasteiger partial charge in [-0.1, -0.05) is 30.3 Å². The van der Waals surface area contributed by atoms with E-state index in [4.69, 9.17) is 15.2 Å². The van der Waals surface area contributed by atoms with E-state index in [0.717, 1.165) is 43.1 Å². The summed E-state index contributed by atoms with van der Waals surface area (Å²) in [6.07, 6.45) is 2.07. The number of hydrogen-bond donors (Lipinski definition) is 1. The average Bonchev–Trinajstić information content (AvgIpc) is 2.56. The fourth-order valence-electron chi connectivity index (χ4n) is 2.76. The molecule has 4 heteroatoms. The third kappa shape index (κ3) is 4.23. The summed E-state index contributed by atoms with van der Waals surface area (Å²) in [5.41, 5.74) is 7.56. The van der Waals surface area contributed by atoms with Crippen LogP contribution < -0.4 is 10.5 Å². The molecule has 118 valence electrons. The van der Waals surface area contributed by atoms with Gasteiger partial charge in [-0.2, -0.15) is 0 Å². The van der Waals surface area contributed by atoms with Gasteiger partial charge in [-0.05, 0) is 48.6 Å². The third-order valence-electron chi connectivity index (χ3n) is 4.00. The molecule has 1 heterocycles. The lowest BCUT2D eigenvalue weighted by atomic mass is 9.88. The molecule has 0 unspecified atom stereocenters. The summed E-state index contributed by atoms with van der Waals surface area (Å²) in [6.45, 7) is 1.64. The van der Waals surface area contributed by atoms with Crippen LogP contribution >= 0.6 is 12.4 Å². The molecule has 0 bridgehead atoms. The minimum absolute atomic E-state index is 0. The second kappa shape index (κ2) is 8.18. The number of rotatable bonds is 4. The second-order valence-electron chi connectivity index (χ2n) is 5.46. The standard InChI is InChI=1S/C18H21NO2.ClH/c19-18(14-9-11-20-12-10-14)15-5-4-8-17(13-15)21-16-6-2-1-3-7-16;/h1-8,13-14,18H,9-12,19H2;1H/t18-;/m0./s1. The molecular weight excluding hydrogens is 298 g/mol. The Morgan fingerprint density at radius 2 is 1.64 bits per heavy atom. The Hall–Kier alpha value is -1.55. The van der Waals surface area contributed by atoms with Gasteiger partial charge in [0.15, 0.2) is 0 Å². The number of benzene rings is 2. The van der Waals surface area contributed by atoms with Crippen molar-refractivity contribution in [2.45, 2.75) is 18.9 Å². The number of nitrogens with two attached hydrogens (primary N) is 1. The molecule has 0 saturated carbocycles. The van der Waals surface area contributed by atoms with Crippen molar-refractivity contribution in [3.05, 3.63) is 60.2 Å². The predicted octanol–water partition coefficient (Wildman–Crippen LogP) is 4.33. The fraction of sp³-hybridized carbons (Fsp3) is 0.333. The molecule has 3 rings (SSSR count). The first-order chi connectivity index (χ1) is 10.3. The fourth-order valence-corrected chi connectivity index (χ4v) is 2.76. The number of para-hydroxylation sites is 1. The molecule has 0 amide bonds. The lowest BCUT2D eigenvalue weighted by Gasteiger charge is -2.28. The van der Waals surface area contributed by atoms with Crippen molar-refractivity contribution in [3.8, 4) is 11.5 Å². The van der Waals surface area contributed by atoms with Crippen LogP contribution in [0.25, 0.3) is 0 Å². The monoisotopic (exact) mass is 319 g/mol. The summed E-state index contributed by atoms with van der Waals surface area (Å²) in [7, 11) is 0.